The van der Waals surface area contributed by atoms with E-state index in [1.54, 1.807) is 42.5 Å². The van der Waals surface area contributed by atoms with Crippen molar-refractivity contribution in [3.63, 3.8) is 0 Å². The monoisotopic (exact) mass is 369 g/mol. The van der Waals surface area contributed by atoms with Crippen molar-refractivity contribution >= 4 is 29.1 Å². The number of amides is 3. The van der Waals surface area contributed by atoms with E-state index in [-0.39, 0.29) is 30.0 Å². The zero-order valence-corrected chi connectivity index (χ0v) is 14.9. The van der Waals surface area contributed by atoms with Crippen LogP contribution < -0.4 is 15.5 Å². The zero-order chi connectivity index (χ0) is 19.4. The van der Waals surface area contributed by atoms with Crippen molar-refractivity contribution in [2.24, 2.45) is 0 Å². The number of benzene rings is 2. The third kappa shape index (κ3) is 4.38. The topological polar surface area (TPSA) is 78.5 Å². The first-order valence-corrected chi connectivity index (χ1v) is 8.67. The summed E-state index contributed by atoms with van der Waals surface area (Å²) in [5.41, 5.74) is 1.61. The maximum Gasteiger partial charge on any atom is 0.251 e. The van der Waals surface area contributed by atoms with Gasteiger partial charge in [0.05, 0.1) is 18.2 Å². The molecule has 0 saturated carbocycles. The molecule has 2 aromatic rings. The highest BCUT2D eigenvalue weighted by molar-refractivity contribution is 6.22. The summed E-state index contributed by atoms with van der Waals surface area (Å²) in [4.78, 5) is 37.1. The Kier molecular flexibility index (Phi) is 5.61. The molecule has 1 heterocycles. The fraction of sp³-hybridized carbons (Fsp3) is 0.250. The molecule has 3 amide bonds. The Morgan fingerprint density at radius 1 is 1.15 bits per heavy atom. The Labute approximate surface area is 156 Å². The Balaban J connectivity index is 1.61. The normalized spacial score (nSPS) is 16.7. The lowest BCUT2D eigenvalue weighted by atomic mass is 10.1. The first-order valence-electron chi connectivity index (χ1n) is 8.67. The van der Waals surface area contributed by atoms with Crippen LogP contribution in [0, 0.1) is 5.82 Å². The molecule has 0 aliphatic carbocycles. The lowest BCUT2D eigenvalue weighted by Crippen LogP contribution is -2.39. The Morgan fingerprint density at radius 2 is 1.85 bits per heavy atom. The van der Waals surface area contributed by atoms with Gasteiger partial charge in [-0.3, -0.25) is 14.4 Å². The van der Waals surface area contributed by atoms with Crippen LogP contribution in [0.3, 0.4) is 0 Å². The maximum atomic E-state index is 13.6. The fourth-order valence-corrected chi connectivity index (χ4v) is 3.04. The second-order valence-electron chi connectivity index (χ2n) is 6.35. The van der Waals surface area contributed by atoms with Crippen LogP contribution in [0.25, 0.3) is 0 Å². The molecule has 1 saturated heterocycles. The van der Waals surface area contributed by atoms with Gasteiger partial charge in [0.25, 0.3) is 5.91 Å². The Morgan fingerprint density at radius 3 is 2.52 bits per heavy atom. The smallest absolute Gasteiger partial charge is 0.251 e. The van der Waals surface area contributed by atoms with Gasteiger partial charge in [0.2, 0.25) is 11.8 Å². The van der Waals surface area contributed by atoms with Crippen molar-refractivity contribution in [1.82, 2.24) is 5.32 Å². The van der Waals surface area contributed by atoms with Crippen molar-refractivity contribution in [3.05, 3.63) is 59.9 Å². The van der Waals surface area contributed by atoms with Crippen LogP contribution in [-0.4, -0.2) is 30.3 Å². The third-order valence-electron chi connectivity index (χ3n) is 4.34. The zero-order valence-electron chi connectivity index (χ0n) is 14.9. The van der Waals surface area contributed by atoms with Crippen LogP contribution in [0.4, 0.5) is 15.8 Å². The number of anilines is 2. The molecule has 140 valence electrons. The standard InChI is InChI=1S/C20H20FN3O3/c1-13(25)23-15-6-8-16(9-7-15)24-19(26)12-18(20(24)27)22-11-10-14-4-2-3-5-17(14)21/h2-9,18,22H,10-12H2,1H3,(H,23,25)/t18-/m1/s1. The van der Waals surface area contributed by atoms with E-state index >= 15 is 0 Å². The molecule has 0 radical (unpaired) electrons. The second-order valence-corrected chi connectivity index (χ2v) is 6.35. The number of rotatable bonds is 6. The van der Waals surface area contributed by atoms with Crippen LogP contribution in [0.5, 0.6) is 0 Å². The van der Waals surface area contributed by atoms with Crippen molar-refractivity contribution in [2.45, 2.75) is 25.8 Å². The molecule has 3 rings (SSSR count). The molecule has 1 fully saturated rings. The van der Waals surface area contributed by atoms with E-state index in [0.717, 1.165) is 4.90 Å². The van der Waals surface area contributed by atoms with E-state index in [4.69, 9.17) is 0 Å². The number of hydrogen-bond acceptors (Lipinski definition) is 4. The molecule has 2 aromatic carbocycles. The minimum absolute atomic E-state index is 0.0591. The van der Waals surface area contributed by atoms with Crippen LogP contribution in [0.15, 0.2) is 48.5 Å². The van der Waals surface area contributed by atoms with E-state index in [1.807, 2.05) is 0 Å². The van der Waals surface area contributed by atoms with Gasteiger partial charge in [-0.15, -0.1) is 0 Å². The summed E-state index contributed by atoms with van der Waals surface area (Å²) >= 11 is 0. The SMILES string of the molecule is CC(=O)Nc1ccc(N2C(=O)C[C@@H](NCCc3ccccc3F)C2=O)cc1. The van der Waals surface area contributed by atoms with Crippen LogP contribution in [-0.2, 0) is 20.8 Å². The summed E-state index contributed by atoms with van der Waals surface area (Å²) in [6, 6.07) is 12.3. The number of halogens is 1. The van der Waals surface area contributed by atoms with Crippen molar-refractivity contribution in [3.8, 4) is 0 Å². The number of carbonyl (C=O) groups is 3. The minimum atomic E-state index is -0.626. The molecule has 0 unspecified atom stereocenters. The highest BCUT2D eigenvalue weighted by Crippen LogP contribution is 2.24. The Hall–Kier alpha value is -3.06. The average molecular weight is 369 g/mol. The van der Waals surface area contributed by atoms with E-state index in [1.165, 1.54) is 13.0 Å². The number of imide groups is 1. The summed E-state index contributed by atoms with van der Waals surface area (Å²) in [6.07, 6.45) is 0.486. The van der Waals surface area contributed by atoms with Gasteiger partial charge in [-0.05, 0) is 42.3 Å². The first kappa shape index (κ1) is 18.7. The van der Waals surface area contributed by atoms with Gasteiger partial charge < -0.3 is 10.6 Å². The van der Waals surface area contributed by atoms with Crippen molar-refractivity contribution in [2.75, 3.05) is 16.8 Å². The van der Waals surface area contributed by atoms with Gasteiger partial charge >= 0.3 is 0 Å². The quantitative estimate of drug-likeness (QED) is 0.766. The Bertz CT molecular complexity index is 867. The van der Waals surface area contributed by atoms with Crippen molar-refractivity contribution < 1.29 is 18.8 Å². The molecule has 27 heavy (non-hydrogen) atoms. The number of carbonyl (C=O) groups excluding carboxylic acids is 3. The largest absolute Gasteiger partial charge is 0.326 e. The lowest BCUT2D eigenvalue weighted by molar-refractivity contribution is -0.121. The van der Waals surface area contributed by atoms with Gasteiger partial charge in [0, 0.05) is 19.2 Å². The highest BCUT2D eigenvalue weighted by atomic mass is 19.1. The van der Waals surface area contributed by atoms with Gasteiger partial charge in [0.1, 0.15) is 5.82 Å². The average Bonchev–Trinajstić information content (AvgIpc) is 2.91. The third-order valence-corrected chi connectivity index (χ3v) is 4.34. The van der Waals surface area contributed by atoms with Crippen LogP contribution >= 0.6 is 0 Å². The van der Waals surface area contributed by atoms with E-state index in [2.05, 4.69) is 10.6 Å². The molecule has 7 heteroatoms. The molecular formula is C20H20FN3O3. The molecule has 1 aliphatic rings. The first-order chi connectivity index (χ1) is 13.0. The molecular weight excluding hydrogens is 349 g/mol. The molecule has 0 spiro atoms. The lowest BCUT2D eigenvalue weighted by Gasteiger charge is -2.16. The van der Waals surface area contributed by atoms with Crippen LogP contribution in [0.1, 0.15) is 18.9 Å². The number of nitrogens with zero attached hydrogens (tertiary/aromatic N) is 1. The summed E-state index contributed by atoms with van der Waals surface area (Å²) in [5.74, 6) is -1.11. The van der Waals surface area contributed by atoms with E-state index in [0.29, 0.717) is 29.9 Å². The second kappa shape index (κ2) is 8.09. The van der Waals surface area contributed by atoms with Crippen molar-refractivity contribution in [1.29, 1.82) is 0 Å². The molecule has 0 bridgehead atoms. The van der Waals surface area contributed by atoms with Gasteiger partial charge in [0.15, 0.2) is 0 Å². The molecule has 6 nitrogen and oxygen atoms in total. The highest BCUT2D eigenvalue weighted by Gasteiger charge is 2.39. The molecule has 1 aliphatic heterocycles. The fourth-order valence-electron chi connectivity index (χ4n) is 3.04. The maximum absolute atomic E-state index is 13.6. The predicted molar refractivity (Wildman–Crippen MR) is 99.8 cm³/mol. The van der Waals surface area contributed by atoms with E-state index < -0.39 is 6.04 Å². The minimum Gasteiger partial charge on any atom is -0.326 e. The summed E-state index contributed by atoms with van der Waals surface area (Å²) in [7, 11) is 0. The molecule has 1 atom stereocenters. The number of hydrogen-bond donors (Lipinski definition) is 2. The molecule has 2 N–H and O–H groups in total. The predicted octanol–water partition coefficient (Wildman–Crippen LogP) is 2.25. The molecule has 0 aromatic heterocycles. The van der Waals surface area contributed by atoms with E-state index in [9.17, 15) is 18.8 Å². The number of nitrogens with one attached hydrogen (secondary N) is 2. The van der Waals surface area contributed by atoms with Gasteiger partial charge in [-0.25, -0.2) is 9.29 Å². The van der Waals surface area contributed by atoms with Gasteiger partial charge in [-0.2, -0.15) is 0 Å². The summed E-state index contributed by atoms with van der Waals surface area (Å²) in [6.45, 7) is 1.79. The summed E-state index contributed by atoms with van der Waals surface area (Å²) in [5, 5.41) is 5.67. The van der Waals surface area contributed by atoms with Crippen LogP contribution in [0.2, 0.25) is 0 Å². The summed E-state index contributed by atoms with van der Waals surface area (Å²) < 4.78 is 13.6. The van der Waals surface area contributed by atoms with Gasteiger partial charge in [-0.1, -0.05) is 18.2 Å².